The van der Waals surface area contributed by atoms with Gasteiger partial charge in [-0.05, 0) is 43.9 Å². The van der Waals surface area contributed by atoms with E-state index in [1.807, 2.05) is 19.1 Å². The van der Waals surface area contributed by atoms with E-state index in [-0.39, 0.29) is 29.9 Å². The number of rotatable bonds is 6. The van der Waals surface area contributed by atoms with E-state index in [1.54, 1.807) is 0 Å². The van der Waals surface area contributed by atoms with Crippen molar-refractivity contribution < 1.29 is 14.3 Å². The molecule has 1 aliphatic carbocycles. The number of aliphatic hydroxyl groups excluding tert-OH is 1. The normalized spacial score (nSPS) is 17.7. The Kier molecular flexibility index (Phi) is 5.17. The molecule has 2 amide bonds. The number of amides is 2. The fraction of sp³-hybridized carbons (Fsp3) is 0.562. The van der Waals surface area contributed by atoms with E-state index >= 15 is 0 Å². The van der Waals surface area contributed by atoms with Crippen molar-refractivity contribution in [3.8, 4) is 0 Å². The molecule has 1 aromatic carbocycles. The second kappa shape index (κ2) is 6.89. The van der Waals surface area contributed by atoms with Crippen molar-refractivity contribution in [3.63, 3.8) is 0 Å². The fourth-order valence-electron chi connectivity index (χ4n) is 2.76. The van der Waals surface area contributed by atoms with Crippen molar-refractivity contribution in [3.05, 3.63) is 35.6 Å². The van der Waals surface area contributed by atoms with Gasteiger partial charge in [-0.15, -0.1) is 0 Å². The molecule has 1 aliphatic rings. The SMILES string of the molecule is C[C@H](CCO)NC(=O)NCC1(c2ccc(F)cc2)CCC1. The van der Waals surface area contributed by atoms with Crippen LogP contribution in [0.25, 0.3) is 0 Å². The van der Waals surface area contributed by atoms with Crippen LogP contribution < -0.4 is 10.6 Å². The molecule has 1 aromatic rings. The molecule has 0 saturated heterocycles. The van der Waals surface area contributed by atoms with Gasteiger partial charge in [0.1, 0.15) is 5.82 Å². The summed E-state index contributed by atoms with van der Waals surface area (Å²) >= 11 is 0. The van der Waals surface area contributed by atoms with Gasteiger partial charge in [-0.1, -0.05) is 18.6 Å². The average Bonchev–Trinajstić information content (AvgIpc) is 2.39. The number of hydrogen-bond donors (Lipinski definition) is 3. The number of aliphatic hydroxyl groups is 1. The van der Waals surface area contributed by atoms with Crippen molar-refractivity contribution in [2.24, 2.45) is 0 Å². The molecule has 1 saturated carbocycles. The van der Waals surface area contributed by atoms with E-state index in [2.05, 4.69) is 10.6 Å². The third kappa shape index (κ3) is 3.94. The first kappa shape index (κ1) is 15.8. The number of carbonyl (C=O) groups excluding carboxylic acids is 1. The number of hydrogen-bond acceptors (Lipinski definition) is 2. The van der Waals surface area contributed by atoms with E-state index in [9.17, 15) is 9.18 Å². The molecular weight excluding hydrogens is 271 g/mol. The van der Waals surface area contributed by atoms with Crippen molar-refractivity contribution in [2.75, 3.05) is 13.2 Å². The summed E-state index contributed by atoms with van der Waals surface area (Å²) in [4.78, 5) is 11.8. The lowest BCUT2D eigenvalue weighted by Gasteiger charge is -2.42. The summed E-state index contributed by atoms with van der Waals surface area (Å²) in [7, 11) is 0. The summed E-state index contributed by atoms with van der Waals surface area (Å²) in [5, 5.41) is 14.5. The Morgan fingerprint density at radius 3 is 2.57 bits per heavy atom. The maximum atomic E-state index is 13.0. The lowest BCUT2D eigenvalue weighted by atomic mass is 9.64. The van der Waals surface area contributed by atoms with Crippen LogP contribution in [-0.2, 0) is 5.41 Å². The van der Waals surface area contributed by atoms with Crippen LogP contribution in [-0.4, -0.2) is 30.3 Å². The monoisotopic (exact) mass is 294 g/mol. The van der Waals surface area contributed by atoms with Gasteiger partial charge in [0.25, 0.3) is 0 Å². The molecule has 1 atom stereocenters. The predicted octanol–water partition coefficient (Wildman–Crippen LogP) is 2.32. The van der Waals surface area contributed by atoms with Crippen LogP contribution in [0.2, 0.25) is 0 Å². The van der Waals surface area contributed by atoms with Crippen molar-refractivity contribution in [1.29, 1.82) is 0 Å². The highest BCUT2D eigenvalue weighted by Gasteiger charge is 2.38. The smallest absolute Gasteiger partial charge is 0.315 e. The third-order valence-electron chi connectivity index (χ3n) is 4.29. The summed E-state index contributed by atoms with van der Waals surface area (Å²) in [6.45, 7) is 2.46. The van der Waals surface area contributed by atoms with Crippen LogP contribution in [0.1, 0.15) is 38.2 Å². The van der Waals surface area contributed by atoms with Crippen LogP contribution in [0, 0.1) is 5.82 Å². The first-order valence-corrected chi connectivity index (χ1v) is 7.47. The number of nitrogens with one attached hydrogen (secondary N) is 2. The quantitative estimate of drug-likeness (QED) is 0.754. The summed E-state index contributed by atoms with van der Waals surface area (Å²) in [5.41, 5.74) is 1.02. The molecule has 0 spiro atoms. The topological polar surface area (TPSA) is 61.4 Å². The van der Waals surface area contributed by atoms with Crippen LogP contribution in [0.4, 0.5) is 9.18 Å². The standard InChI is InChI=1S/C16H23FN2O2/c1-12(7-10-20)19-15(21)18-11-16(8-2-9-16)13-3-5-14(17)6-4-13/h3-6,12,20H,2,7-11H2,1H3,(H2,18,19,21)/t12-/m1/s1. The molecule has 0 aliphatic heterocycles. The molecule has 5 heteroatoms. The minimum Gasteiger partial charge on any atom is -0.396 e. The molecule has 2 rings (SSSR count). The van der Waals surface area contributed by atoms with Gasteiger partial charge >= 0.3 is 6.03 Å². The van der Waals surface area contributed by atoms with E-state index < -0.39 is 0 Å². The van der Waals surface area contributed by atoms with Gasteiger partial charge in [0.05, 0.1) is 0 Å². The average molecular weight is 294 g/mol. The second-order valence-corrected chi connectivity index (χ2v) is 5.88. The van der Waals surface area contributed by atoms with Gasteiger partial charge in [0, 0.05) is 24.6 Å². The highest BCUT2D eigenvalue weighted by atomic mass is 19.1. The zero-order valence-corrected chi connectivity index (χ0v) is 12.4. The molecule has 0 unspecified atom stereocenters. The van der Waals surface area contributed by atoms with Crippen molar-refractivity contribution in [2.45, 2.75) is 44.1 Å². The Labute approximate surface area is 124 Å². The summed E-state index contributed by atoms with van der Waals surface area (Å²) in [6, 6.07) is 6.28. The number of carbonyl (C=O) groups is 1. The number of urea groups is 1. The lowest BCUT2D eigenvalue weighted by Crippen LogP contribution is -2.49. The van der Waals surface area contributed by atoms with E-state index in [4.69, 9.17) is 5.11 Å². The summed E-state index contributed by atoms with van der Waals surface area (Å²) in [5.74, 6) is -0.239. The third-order valence-corrected chi connectivity index (χ3v) is 4.29. The zero-order chi connectivity index (χ0) is 15.3. The Balaban J connectivity index is 1.90. The molecule has 0 bridgehead atoms. The highest BCUT2D eigenvalue weighted by molar-refractivity contribution is 5.74. The Morgan fingerprint density at radius 2 is 2.05 bits per heavy atom. The second-order valence-electron chi connectivity index (χ2n) is 5.88. The molecule has 1 fully saturated rings. The zero-order valence-electron chi connectivity index (χ0n) is 12.4. The maximum Gasteiger partial charge on any atom is 0.315 e. The van der Waals surface area contributed by atoms with Crippen LogP contribution >= 0.6 is 0 Å². The van der Waals surface area contributed by atoms with Crippen LogP contribution in [0.5, 0.6) is 0 Å². The molecule has 0 radical (unpaired) electrons. The number of benzene rings is 1. The predicted molar refractivity (Wildman–Crippen MR) is 79.6 cm³/mol. The minimum absolute atomic E-state index is 0.0565. The van der Waals surface area contributed by atoms with Gasteiger partial charge in [0.15, 0.2) is 0 Å². The summed E-state index contributed by atoms with van der Waals surface area (Å²) in [6.07, 6.45) is 3.67. The maximum absolute atomic E-state index is 13.0. The molecule has 0 aromatic heterocycles. The van der Waals surface area contributed by atoms with Gasteiger partial charge < -0.3 is 15.7 Å². The van der Waals surface area contributed by atoms with Gasteiger partial charge in [-0.2, -0.15) is 0 Å². The molecule has 21 heavy (non-hydrogen) atoms. The molecule has 3 N–H and O–H groups in total. The van der Waals surface area contributed by atoms with Crippen molar-refractivity contribution >= 4 is 6.03 Å². The van der Waals surface area contributed by atoms with Gasteiger partial charge in [0.2, 0.25) is 0 Å². The highest BCUT2D eigenvalue weighted by Crippen LogP contribution is 2.43. The first-order chi connectivity index (χ1) is 10.1. The molecule has 116 valence electrons. The van der Waals surface area contributed by atoms with E-state index in [0.29, 0.717) is 13.0 Å². The lowest BCUT2D eigenvalue weighted by molar-refractivity contribution is 0.210. The van der Waals surface area contributed by atoms with E-state index in [0.717, 1.165) is 24.8 Å². The molecular formula is C16H23FN2O2. The van der Waals surface area contributed by atoms with Gasteiger partial charge in [-0.3, -0.25) is 0 Å². The Bertz CT molecular complexity index is 472. The van der Waals surface area contributed by atoms with E-state index in [1.165, 1.54) is 12.1 Å². The summed E-state index contributed by atoms with van der Waals surface area (Å²) < 4.78 is 13.0. The molecule has 4 nitrogen and oxygen atoms in total. The largest absolute Gasteiger partial charge is 0.396 e. The molecule has 0 heterocycles. The van der Waals surface area contributed by atoms with Crippen molar-refractivity contribution in [1.82, 2.24) is 10.6 Å². The van der Waals surface area contributed by atoms with Crippen LogP contribution in [0.3, 0.4) is 0 Å². The van der Waals surface area contributed by atoms with Gasteiger partial charge in [-0.25, -0.2) is 9.18 Å². The first-order valence-electron chi connectivity index (χ1n) is 7.47. The van der Waals surface area contributed by atoms with Crippen LogP contribution in [0.15, 0.2) is 24.3 Å². The number of halogens is 1. The Hall–Kier alpha value is -1.62. The Morgan fingerprint density at radius 1 is 1.38 bits per heavy atom. The minimum atomic E-state index is -0.239. The fourth-order valence-corrected chi connectivity index (χ4v) is 2.76.